The van der Waals surface area contributed by atoms with E-state index in [4.69, 9.17) is 13.8 Å². The van der Waals surface area contributed by atoms with Gasteiger partial charge in [0, 0.05) is 45.9 Å². The van der Waals surface area contributed by atoms with Gasteiger partial charge < -0.3 is 14.5 Å². The van der Waals surface area contributed by atoms with Crippen molar-refractivity contribution in [3.8, 4) is 17.3 Å². The number of ether oxygens (including phenoxy) is 1. The molecule has 44 heavy (non-hydrogen) atoms. The van der Waals surface area contributed by atoms with E-state index in [1.54, 1.807) is 0 Å². The number of hydrogen-bond acceptors (Lipinski definition) is 4. The zero-order valence-corrected chi connectivity index (χ0v) is 26.2. The van der Waals surface area contributed by atoms with Gasteiger partial charge >= 0.3 is 0 Å². The molecule has 4 aromatic carbocycles. The molecule has 3 heterocycles. The van der Waals surface area contributed by atoms with Crippen molar-refractivity contribution < 1.29 is 8.85 Å². The molecule has 1 aliphatic heterocycles. The minimum Gasteiger partial charge on any atom is -0.457 e. The Morgan fingerprint density at radius 3 is 2.27 bits per heavy atom. The number of para-hydroxylation sites is 3. The first kappa shape index (κ1) is 24.6. The molecule has 2 aromatic heterocycles. The quantitative estimate of drug-likeness (QED) is 0.207. The number of pyridine rings is 1. The standard InChI is InChI=1S/C39H40N4O/c1-38(2,3)26-19-20-40-36(21-26)43-32-16-9-8-15-30(32)37-31(39(4,5)6)23-29(24-35(37)43)44-28-14-12-13-27(22-28)42-25-41(7)33-17-10-11-18-34(33)42/h8-24H,25H2,1-7H3/i7D3. The SMILES string of the molecule is [2H]C([2H])([2H])N1CN(c2cccc(Oc3cc(C(C)(C)C)c4c5ccccc5n(-c5cc(C(C)(C)C)ccn5)c4c3)c2)c2ccccc21. The van der Waals surface area contributed by atoms with Crippen LogP contribution in [0.3, 0.4) is 0 Å². The van der Waals surface area contributed by atoms with E-state index in [9.17, 15) is 0 Å². The van der Waals surface area contributed by atoms with Crippen LogP contribution in [0.4, 0.5) is 17.1 Å². The Morgan fingerprint density at radius 2 is 1.50 bits per heavy atom. The summed E-state index contributed by atoms with van der Waals surface area (Å²) in [7, 11) is 0. The fraction of sp³-hybridized carbons (Fsp3) is 0.256. The molecule has 0 spiro atoms. The van der Waals surface area contributed by atoms with Crippen LogP contribution >= 0.6 is 0 Å². The Kier molecular flexibility index (Phi) is 5.69. The van der Waals surface area contributed by atoms with Crippen LogP contribution in [0, 0.1) is 0 Å². The van der Waals surface area contributed by atoms with Crippen LogP contribution in [-0.2, 0) is 10.8 Å². The third-order valence-electron chi connectivity index (χ3n) is 8.51. The number of aromatic nitrogens is 2. The summed E-state index contributed by atoms with van der Waals surface area (Å²) in [5, 5.41) is 2.37. The van der Waals surface area contributed by atoms with Crippen molar-refractivity contribution in [3.63, 3.8) is 0 Å². The zero-order valence-electron chi connectivity index (χ0n) is 29.2. The zero-order chi connectivity index (χ0) is 33.3. The number of fused-ring (bicyclic) bond motifs is 4. The Bertz CT molecular complexity index is 2140. The highest BCUT2D eigenvalue weighted by Crippen LogP contribution is 2.44. The van der Waals surface area contributed by atoms with Crippen LogP contribution in [0.25, 0.3) is 27.6 Å². The Balaban J connectivity index is 1.36. The number of benzene rings is 4. The minimum atomic E-state index is -2.25. The number of anilines is 3. The van der Waals surface area contributed by atoms with Crippen molar-refractivity contribution in [2.75, 3.05) is 23.4 Å². The van der Waals surface area contributed by atoms with Gasteiger partial charge in [-0.1, -0.05) is 77.9 Å². The molecular weight excluding hydrogens is 540 g/mol. The van der Waals surface area contributed by atoms with Gasteiger partial charge in [-0.05, 0) is 70.5 Å². The van der Waals surface area contributed by atoms with Gasteiger partial charge in [0.25, 0.3) is 0 Å². The van der Waals surface area contributed by atoms with Gasteiger partial charge in [0.1, 0.15) is 17.3 Å². The number of nitrogens with zero attached hydrogens (tertiary/aromatic N) is 4. The van der Waals surface area contributed by atoms with E-state index < -0.39 is 6.98 Å². The summed E-state index contributed by atoms with van der Waals surface area (Å²) < 4.78 is 33.2. The lowest BCUT2D eigenvalue weighted by atomic mass is 9.84. The number of rotatable bonds is 4. The lowest BCUT2D eigenvalue weighted by Crippen LogP contribution is -2.23. The highest BCUT2D eigenvalue weighted by atomic mass is 16.5. The second kappa shape index (κ2) is 10.2. The molecular formula is C39H40N4O. The molecule has 7 rings (SSSR count). The van der Waals surface area contributed by atoms with Gasteiger partial charge in [-0.2, -0.15) is 0 Å². The summed E-state index contributed by atoms with van der Waals surface area (Å²) in [4.78, 5) is 8.35. The largest absolute Gasteiger partial charge is 0.457 e. The van der Waals surface area contributed by atoms with E-state index in [0.29, 0.717) is 11.4 Å². The number of hydrogen-bond donors (Lipinski definition) is 0. The smallest absolute Gasteiger partial charge is 0.137 e. The molecule has 0 amide bonds. The predicted octanol–water partition coefficient (Wildman–Crippen LogP) is 10.1. The highest BCUT2D eigenvalue weighted by Gasteiger charge is 2.26. The van der Waals surface area contributed by atoms with Crippen molar-refractivity contribution in [3.05, 3.63) is 114 Å². The summed E-state index contributed by atoms with van der Waals surface area (Å²) in [6.07, 6.45) is 1.90. The van der Waals surface area contributed by atoms with Crippen molar-refractivity contribution in [2.45, 2.75) is 52.4 Å². The predicted molar refractivity (Wildman–Crippen MR) is 184 cm³/mol. The molecule has 0 saturated carbocycles. The van der Waals surface area contributed by atoms with Gasteiger partial charge in [-0.15, -0.1) is 0 Å². The van der Waals surface area contributed by atoms with Gasteiger partial charge in [-0.3, -0.25) is 4.57 Å². The maximum atomic E-state index is 8.10. The summed E-state index contributed by atoms with van der Waals surface area (Å²) in [5.41, 5.74) is 6.73. The lowest BCUT2D eigenvalue weighted by molar-refractivity contribution is 0.480. The summed E-state index contributed by atoms with van der Waals surface area (Å²) in [6, 6.07) is 32.6. The van der Waals surface area contributed by atoms with E-state index in [1.807, 2.05) is 59.6 Å². The Hall–Kier alpha value is -4.77. The molecule has 6 aromatic rings. The maximum absolute atomic E-state index is 8.10. The van der Waals surface area contributed by atoms with E-state index >= 15 is 0 Å². The second-order valence-electron chi connectivity index (χ2n) is 13.7. The topological polar surface area (TPSA) is 33.5 Å². The van der Waals surface area contributed by atoms with Crippen LogP contribution in [0.5, 0.6) is 11.5 Å². The van der Waals surface area contributed by atoms with Crippen molar-refractivity contribution in [2.24, 2.45) is 0 Å². The molecule has 5 heteroatoms. The molecule has 1 aliphatic rings. The van der Waals surface area contributed by atoms with E-state index in [0.717, 1.165) is 34.0 Å². The fourth-order valence-electron chi connectivity index (χ4n) is 6.26. The van der Waals surface area contributed by atoms with Crippen molar-refractivity contribution in [1.29, 1.82) is 0 Å². The normalized spacial score (nSPS) is 14.9. The molecule has 0 N–H and O–H groups in total. The van der Waals surface area contributed by atoms with Gasteiger partial charge in [0.2, 0.25) is 0 Å². The Labute approximate surface area is 264 Å². The van der Waals surface area contributed by atoms with Crippen LogP contribution in [0.15, 0.2) is 103 Å². The van der Waals surface area contributed by atoms with Crippen LogP contribution in [-0.4, -0.2) is 23.2 Å². The van der Waals surface area contributed by atoms with Gasteiger partial charge in [-0.25, -0.2) is 4.98 Å². The van der Waals surface area contributed by atoms with E-state index in [-0.39, 0.29) is 17.5 Å². The van der Waals surface area contributed by atoms with Crippen molar-refractivity contribution in [1.82, 2.24) is 9.55 Å². The molecule has 0 atom stereocenters. The molecule has 0 aliphatic carbocycles. The van der Waals surface area contributed by atoms with Crippen LogP contribution in [0.1, 0.15) is 56.8 Å². The first-order valence-electron chi connectivity index (χ1n) is 16.7. The molecule has 0 fully saturated rings. The summed E-state index contributed by atoms with van der Waals surface area (Å²) in [6.45, 7) is 11.3. The molecule has 5 nitrogen and oxygen atoms in total. The lowest BCUT2D eigenvalue weighted by Gasteiger charge is -2.23. The minimum absolute atomic E-state index is 0.0251. The second-order valence-corrected chi connectivity index (χ2v) is 13.7. The Morgan fingerprint density at radius 1 is 0.727 bits per heavy atom. The fourth-order valence-corrected chi connectivity index (χ4v) is 6.26. The summed E-state index contributed by atoms with van der Waals surface area (Å²) >= 11 is 0. The molecule has 0 unspecified atom stereocenters. The summed E-state index contributed by atoms with van der Waals surface area (Å²) in [5.74, 6) is 2.26. The average molecular weight is 584 g/mol. The first-order valence-corrected chi connectivity index (χ1v) is 15.2. The third-order valence-corrected chi connectivity index (χ3v) is 8.51. The molecule has 0 saturated heterocycles. The molecule has 222 valence electrons. The molecule has 0 radical (unpaired) electrons. The average Bonchev–Trinajstić information content (AvgIpc) is 3.57. The van der Waals surface area contributed by atoms with Crippen molar-refractivity contribution >= 4 is 38.9 Å². The third kappa shape index (κ3) is 4.77. The van der Waals surface area contributed by atoms with E-state index in [2.05, 4.69) is 94.6 Å². The van der Waals surface area contributed by atoms with E-state index in [1.165, 1.54) is 26.8 Å². The van der Waals surface area contributed by atoms with Crippen LogP contribution in [0.2, 0.25) is 0 Å². The monoisotopic (exact) mass is 583 g/mol. The molecule has 0 bridgehead atoms. The first-order chi connectivity index (χ1) is 22.2. The van der Waals surface area contributed by atoms with Gasteiger partial charge in [0.15, 0.2) is 0 Å². The van der Waals surface area contributed by atoms with Crippen LogP contribution < -0.4 is 14.5 Å². The van der Waals surface area contributed by atoms with Gasteiger partial charge in [0.05, 0.1) is 29.1 Å². The highest BCUT2D eigenvalue weighted by molar-refractivity contribution is 6.11. The maximum Gasteiger partial charge on any atom is 0.137 e.